The molecule has 0 unspecified atom stereocenters. The van der Waals surface area contributed by atoms with Crippen LogP contribution in [0.3, 0.4) is 0 Å². The van der Waals surface area contributed by atoms with Crippen molar-refractivity contribution in [2.45, 2.75) is 91.9 Å². The highest BCUT2D eigenvalue weighted by molar-refractivity contribution is 7.82. The zero-order valence-electron chi connectivity index (χ0n) is 23.1. The van der Waals surface area contributed by atoms with Gasteiger partial charge in [0.05, 0.1) is 0 Å². The zero-order valence-corrected chi connectivity index (χ0v) is 27.0. The fourth-order valence-electron chi connectivity index (χ4n) is 5.73. The van der Waals surface area contributed by atoms with E-state index in [2.05, 4.69) is 154 Å². The second kappa shape index (κ2) is 8.42. The fraction of sp³-hybridized carbons (Fsp3) is 0.538. The minimum Gasteiger partial charge on any atom is -0.295 e. The lowest BCUT2D eigenvalue weighted by Crippen LogP contribution is -2.94. The second-order valence-electron chi connectivity index (χ2n) is 13.5. The molecule has 7 heteroatoms. The second-order valence-corrected chi connectivity index (χ2v) is 36.2. The van der Waals surface area contributed by atoms with Crippen LogP contribution in [0.5, 0.6) is 0 Å². The molecular formula is C26H47N3PSi3+. The van der Waals surface area contributed by atoms with E-state index < -0.39 is 31.1 Å². The normalized spacial score (nSPS) is 22.2. The molecular weight excluding hydrogens is 470 g/mol. The average molecular weight is 517 g/mol. The Morgan fingerprint density at radius 1 is 0.727 bits per heavy atom. The van der Waals surface area contributed by atoms with Crippen molar-refractivity contribution < 1.29 is 3.99 Å². The molecule has 2 aromatic carbocycles. The van der Waals surface area contributed by atoms with Crippen molar-refractivity contribution in [3.8, 4) is 0 Å². The number of nitrogens with zero attached hydrogens (tertiary/aromatic N) is 2. The smallest absolute Gasteiger partial charge is 0.295 e. The molecule has 0 spiro atoms. The summed E-state index contributed by atoms with van der Waals surface area (Å²) in [5.41, 5.74) is 0.0841. The van der Waals surface area contributed by atoms with E-state index in [4.69, 9.17) is 0 Å². The zero-order chi connectivity index (χ0) is 25.1. The Balaban J connectivity index is 2.69. The Kier molecular flexibility index (Phi) is 6.85. The van der Waals surface area contributed by atoms with Gasteiger partial charge in [0.25, 0.3) is 0 Å². The van der Waals surface area contributed by atoms with E-state index in [9.17, 15) is 0 Å². The van der Waals surface area contributed by atoms with Gasteiger partial charge < -0.3 is 0 Å². The number of benzene rings is 2. The van der Waals surface area contributed by atoms with Crippen molar-refractivity contribution in [1.29, 1.82) is 0 Å². The van der Waals surface area contributed by atoms with E-state index >= 15 is 0 Å². The van der Waals surface area contributed by atoms with Gasteiger partial charge in [-0.05, 0) is 65.8 Å². The van der Waals surface area contributed by atoms with Gasteiger partial charge in [-0.25, -0.2) is 0 Å². The topological polar surface area (TPSA) is 18.3 Å². The molecule has 1 aliphatic rings. The van der Waals surface area contributed by atoms with Gasteiger partial charge in [-0.2, -0.15) is 4.34 Å². The molecule has 0 aromatic heterocycles. The number of hydrogen-bond donors (Lipinski definition) is 1. The predicted molar refractivity (Wildman–Crippen MR) is 156 cm³/mol. The molecule has 0 saturated heterocycles. The van der Waals surface area contributed by atoms with Gasteiger partial charge in [-0.1, -0.05) is 75.7 Å². The summed E-state index contributed by atoms with van der Waals surface area (Å²) >= 11 is 0. The van der Waals surface area contributed by atoms with Crippen LogP contribution in [0.25, 0.3) is 0 Å². The largest absolute Gasteiger partial charge is 0.494 e. The van der Waals surface area contributed by atoms with E-state index in [0.717, 1.165) is 0 Å². The predicted octanol–water partition coefficient (Wildman–Crippen LogP) is 6.46. The average Bonchev–Trinajstić information content (AvgIpc) is 2.61. The van der Waals surface area contributed by atoms with Gasteiger partial charge in [0.2, 0.25) is 7.21 Å². The number of hydrogen-bond acceptors (Lipinski definition) is 2. The maximum atomic E-state index is 4.54. The lowest BCUT2D eigenvalue weighted by Gasteiger charge is -2.65. The lowest BCUT2D eigenvalue weighted by molar-refractivity contribution is -0.488. The fourth-order valence-corrected chi connectivity index (χ4v) is 46.7. The minimum atomic E-state index is -2.24. The molecule has 33 heavy (non-hydrogen) atoms. The summed E-state index contributed by atoms with van der Waals surface area (Å²) in [6, 6.07) is 22.9. The molecule has 1 heterocycles. The van der Waals surface area contributed by atoms with Crippen LogP contribution >= 0.6 is 7.21 Å². The Hall–Kier alpha value is -0.759. The summed E-state index contributed by atoms with van der Waals surface area (Å²) in [4.78, 5) is 0. The minimum absolute atomic E-state index is 0.0420. The summed E-state index contributed by atoms with van der Waals surface area (Å²) in [5.74, 6) is 0. The van der Waals surface area contributed by atoms with E-state index in [1.807, 2.05) is 0 Å². The van der Waals surface area contributed by atoms with Crippen molar-refractivity contribution in [2.75, 3.05) is 0 Å². The van der Waals surface area contributed by atoms with Crippen LogP contribution < -0.4 is 15.3 Å². The highest BCUT2D eigenvalue weighted by Gasteiger charge is 2.82. The molecule has 0 saturated carbocycles. The van der Waals surface area contributed by atoms with Gasteiger partial charge in [0.1, 0.15) is 13.8 Å². The Morgan fingerprint density at radius 3 is 1.39 bits per heavy atom. The van der Waals surface area contributed by atoms with Crippen molar-refractivity contribution in [2.24, 2.45) is 0 Å². The van der Waals surface area contributed by atoms with Gasteiger partial charge in [0, 0.05) is 16.1 Å². The first-order valence-corrected chi connectivity index (χ1v) is 23.9. The van der Waals surface area contributed by atoms with Crippen molar-refractivity contribution in [3.05, 3.63) is 60.7 Å². The first-order chi connectivity index (χ1) is 14.9. The third-order valence-corrected chi connectivity index (χ3v) is 33.1. The van der Waals surface area contributed by atoms with Crippen molar-refractivity contribution in [1.82, 2.24) is 8.98 Å². The summed E-state index contributed by atoms with van der Waals surface area (Å²) in [6.45, 7) is 30.1. The molecule has 0 bridgehead atoms. The van der Waals surface area contributed by atoms with Crippen LogP contribution in [0.4, 0.5) is 0 Å². The molecule has 1 N–H and O–H groups in total. The Labute approximate surface area is 206 Å². The first kappa shape index (κ1) is 26.8. The molecule has 2 aromatic rings. The third-order valence-electron chi connectivity index (χ3n) is 6.29. The molecule has 0 amide bonds. The molecule has 1 atom stereocenters. The SMILES string of the molecule is CC(C)(C)N1[Si@@](N[Si](C)(C)C)([Si](C)(C)C)[N+](C(C)(C)C)=P1(c1ccccc1)c1ccccc1. The van der Waals surface area contributed by atoms with Crippen LogP contribution in [0.1, 0.15) is 41.5 Å². The molecule has 3 nitrogen and oxygen atoms in total. The van der Waals surface area contributed by atoms with Crippen molar-refractivity contribution in [3.63, 3.8) is 0 Å². The molecule has 0 fully saturated rings. The number of nitrogens with one attached hydrogen (secondary N) is 1. The molecule has 182 valence electrons. The Bertz CT molecular complexity index is 999. The summed E-state index contributed by atoms with van der Waals surface area (Å²) < 4.78 is 10.7. The van der Waals surface area contributed by atoms with E-state index in [1.54, 1.807) is 0 Å². The van der Waals surface area contributed by atoms with Crippen LogP contribution in [0.2, 0.25) is 39.3 Å². The molecule has 1 aliphatic heterocycles. The van der Waals surface area contributed by atoms with Gasteiger partial charge >= 0.3 is 8.08 Å². The monoisotopic (exact) mass is 516 g/mol. The quantitative estimate of drug-likeness (QED) is 0.363. The first-order valence-electron chi connectivity index (χ1n) is 12.3. The van der Waals surface area contributed by atoms with E-state index in [1.165, 1.54) is 10.6 Å². The lowest BCUT2D eigenvalue weighted by atomic mass is 10.1. The Morgan fingerprint density at radius 2 is 1.12 bits per heavy atom. The highest BCUT2D eigenvalue weighted by atomic mass is 31.2. The molecule has 3 rings (SSSR count). The van der Waals surface area contributed by atoms with E-state index in [0.29, 0.717) is 0 Å². The van der Waals surface area contributed by atoms with Gasteiger partial charge in [-0.3, -0.25) is 8.64 Å². The van der Waals surface area contributed by atoms with Crippen LogP contribution in [0.15, 0.2) is 60.7 Å². The maximum Gasteiger partial charge on any atom is 0.494 e. The van der Waals surface area contributed by atoms with Crippen molar-refractivity contribution >= 4 is 41.7 Å². The van der Waals surface area contributed by atoms with E-state index in [-0.39, 0.29) is 11.1 Å². The highest BCUT2D eigenvalue weighted by Crippen LogP contribution is 2.67. The molecule has 0 radical (unpaired) electrons. The molecule has 0 aliphatic carbocycles. The van der Waals surface area contributed by atoms with Gasteiger partial charge in [0.15, 0.2) is 7.59 Å². The van der Waals surface area contributed by atoms with Gasteiger partial charge in [-0.15, -0.1) is 0 Å². The summed E-state index contributed by atoms with van der Waals surface area (Å²) in [5, 5.41) is 2.97. The summed E-state index contributed by atoms with van der Waals surface area (Å²) in [7, 11) is -7.55. The van der Waals surface area contributed by atoms with Crippen LogP contribution in [0, 0.1) is 0 Å². The summed E-state index contributed by atoms with van der Waals surface area (Å²) in [6.07, 6.45) is 0. The third kappa shape index (κ3) is 4.36. The van der Waals surface area contributed by atoms with Crippen LogP contribution in [-0.2, 0) is 0 Å². The maximum absolute atomic E-state index is 4.54. The standard InChI is InChI=1S/C26H47N3PSi3/c1-25(2,3)28-30(23-19-15-13-16-20-23,24-21-17-14-18-22-24)29(26(4,5)6)33(28,32(10,11)12)27-31(7,8)9/h13-22,27H,1-12H3/q+1. The number of rotatable bonds is 5. The van der Waals surface area contributed by atoms with Crippen LogP contribution in [-0.4, -0.2) is 43.3 Å².